The van der Waals surface area contributed by atoms with Crippen molar-refractivity contribution in [3.8, 4) is 22.9 Å². The van der Waals surface area contributed by atoms with Gasteiger partial charge in [-0.15, -0.1) is 0 Å². The van der Waals surface area contributed by atoms with Gasteiger partial charge in [-0.05, 0) is 42.5 Å². The van der Waals surface area contributed by atoms with Crippen LogP contribution in [0, 0.1) is 0 Å². The maximum Gasteiger partial charge on any atom is 0.417 e. The number of nitrogens with zero attached hydrogens (tertiary/aromatic N) is 2. The number of hydrogen-bond acceptors (Lipinski definition) is 5. The number of aliphatic hydroxyl groups excluding tert-OH is 1. The third-order valence-electron chi connectivity index (χ3n) is 3.76. The average Bonchev–Trinajstić information content (AvgIpc) is 2.68. The normalized spacial score (nSPS) is 12.4. The molecular formula is C19H14F3N3O3. The Labute approximate surface area is 157 Å². The molecule has 3 aromatic rings. The summed E-state index contributed by atoms with van der Waals surface area (Å²) < 4.78 is 43.1. The maximum atomic E-state index is 12.5. The van der Waals surface area contributed by atoms with Crippen molar-refractivity contribution in [2.24, 2.45) is 5.73 Å². The monoisotopic (exact) mass is 389 g/mol. The van der Waals surface area contributed by atoms with Crippen LogP contribution in [-0.2, 0) is 11.0 Å². The summed E-state index contributed by atoms with van der Waals surface area (Å²) in [5.74, 6) is -0.521. The van der Waals surface area contributed by atoms with Crippen molar-refractivity contribution in [2.75, 3.05) is 0 Å². The summed E-state index contributed by atoms with van der Waals surface area (Å²) in [5.41, 5.74) is 5.50. The second-order valence-electron chi connectivity index (χ2n) is 5.76. The summed E-state index contributed by atoms with van der Waals surface area (Å²) in [5, 5.41) is 9.71. The molecule has 9 heteroatoms. The van der Waals surface area contributed by atoms with E-state index in [1.807, 2.05) is 0 Å². The molecule has 144 valence electrons. The molecule has 0 aliphatic rings. The predicted octanol–water partition coefficient (Wildman–Crippen LogP) is 3.47. The highest BCUT2D eigenvalue weighted by atomic mass is 19.4. The fourth-order valence-corrected chi connectivity index (χ4v) is 2.33. The molecular weight excluding hydrogens is 375 g/mol. The minimum absolute atomic E-state index is 0.0189. The lowest BCUT2D eigenvalue weighted by Gasteiger charge is -2.10. The van der Waals surface area contributed by atoms with Crippen LogP contribution in [0.4, 0.5) is 13.2 Å². The van der Waals surface area contributed by atoms with Crippen LogP contribution in [0.1, 0.15) is 17.4 Å². The third kappa shape index (κ3) is 4.44. The highest BCUT2D eigenvalue weighted by Crippen LogP contribution is 2.30. The Morgan fingerprint density at radius 3 is 2.36 bits per heavy atom. The number of rotatable bonds is 5. The number of alkyl halides is 3. The van der Waals surface area contributed by atoms with Crippen molar-refractivity contribution >= 4 is 5.91 Å². The first kappa shape index (κ1) is 19.3. The van der Waals surface area contributed by atoms with Gasteiger partial charge in [0.2, 0.25) is 5.88 Å². The van der Waals surface area contributed by atoms with Gasteiger partial charge >= 0.3 is 6.18 Å². The molecule has 0 unspecified atom stereocenters. The van der Waals surface area contributed by atoms with E-state index in [0.29, 0.717) is 23.2 Å². The Bertz CT molecular complexity index is 974. The Morgan fingerprint density at radius 2 is 1.79 bits per heavy atom. The van der Waals surface area contributed by atoms with Gasteiger partial charge < -0.3 is 15.6 Å². The zero-order chi connectivity index (χ0) is 20.3. The molecule has 0 aliphatic heterocycles. The van der Waals surface area contributed by atoms with Crippen LogP contribution >= 0.6 is 0 Å². The van der Waals surface area contributed by atoms with E-state index in [9.17, 15) is 23.1 Å². The standard InChI is InChI=1S/C19H14F3N3O3/c20-19(21,22)12-6-9-16(24-10-12)28-13-7-4-11(5-8-13)14-2-1-3-15(25-14)17(26)18(23)27/h1-10,17,26H,(H2,23,27)/t17-/m1/s1. The molecule has 0 aliphatic carbocycles. The van der Waals surface area contributed by atoms with Gasteiger partial charge in [-0.3, -0.25) is 4.79 Å². The molecule has 1 atom stereocenters. The van der Waals surface area contributed by atoms with Crippen LogP contribution in [0.15, 0.2) is 60.8 Å². The number of primary amides is 1. The van der Waals surface area contributed by atoms with E-state index in [-0.39, 0.29) is 11.6 Å². The van der Waals surface area contributed by atoms with E-state index < -0.39 is 23.8 Å². The second-order valence-corrected chi connectivity index (χ2v) is 5.76. The summed E-state index contributed by atoms with van der Waals surface area (Å²) >= 11 is 0. The number of carbonyl (C=O) groups is 1. The van der Waals surface area contributed by atoms with Crippen LogP contribution in [0.3, 0.4) is 0 Å². The minimum Gasteiger partial charge on any atom is -0.439 e. The van der Waals surface area contributed by atoms with Gasteiger partial charge in [-0.25, -0.2) is 9.97 Å². The number of nitrogens with two attached hydrogens (primary N) is 1. The van der Waals surface area contributed by atoms with E-state index >= 15 is 0 Å². The largest absolute Gasteiger partial charge is 0.439 e. The van der Waals surface area contributed by atoms with E-state index in [4.69, 9.17) is 10.5 Å². The molecule has 0 saturated heterocycles. The molecule has 0 spiro atoms. The highest BCUT2D eigenvalue weighted by Gasteiger charge is 2.30. The summed E-state index contributed by atoms with van der Waals surface area (Å²) in [6.07, 6.45) is -5.27. The van der Waals surface area contributed by atoms with Gasteiger partial charge in [0.05, 0.1) is 17.0 Å². The second kappa shape index (κ2) is 7.65. The fraction of sp³-hybridized carbons (Fsp3) is 0.105. The quantitative estimate of drug-likeness (QED) is 0.696. The van der Waals surface area contributed by atoms with Crippen molar-refractivity contribution in [1.29, 1.82) is 0 Å². The molecule has 1 aromatic carbocycles. The lowest BCUT2D eigenvalue weighted by molar-refractivity contribution is -0.137. The van der Waals surface area contributed by atoms with Crippen molar-refractivity contribution < 1.29 is 27.8 Å². The Balaban J connectivity index is 1.75. The van der Waals surface area contributed by atoms with Crippen LogP contribution in [0.5, 0.6) is 11.6 Å². The maximum absolute atomic E-state index is 12.5. The third-order valence-corrected chi connectivity index (χ3v) is 3.76. The summed E-state index contributed by atoms with van der Waals surface area (Å²) in [7, 11) is 0. The summed E-state index contributed by atoms with van der Waals surface area (Å²) in [4.78, 5) is 18.9. The van der Waals surface area contributed by atoms with Crippen molar-refractivity contribution in [3.63, 3.8) is 0 Å². The zero-order valence-corrected chi connectivity index (χ0v) is 14.2. The first-order valence-corrected chi connectivity index (χ1v) is 8.00. The molecule has 3 rings (SSSR count). The van der Waals surface area contributed by atoms with E-state index in [1.54, 1.807) is 36.4 Å². The van der Waals surface area contributed by atoms with Gasteiger partial charge in [0.1, 0.15) is 5.75 Å². The number of amides is 1. The predicted molar refractivity (Wildman–Crippen MR) is 93.1 cm³/mol. The number of pyridine rings is 2. The molecule has 1 amide bonds. The van der Waals surface area contributed by atoms with Crippen LogP contribution < -0.4 is 10.5 Å². The first-order chi connectivity index (χ1) is 13.2. The molecule has 0 fully saturated rings. The molecule has 2 heterocycles. The molecule has 0 saturated carbocycles. The van der Waals surface area contributed by atoms with Crippen LogP contribution in [0.2, 0.25) is 0 Å². The summed E-state index contributed by atoms with van der Waals surface area (Å²) in [6, 6.07) is 13.3. The Morgan fingerprint density at radius 1 is 1.07 bits per heavy atom. The number of halogens is 3. The van der Waals surface area contributed by atoms with Gasteiger partial charge in [-0.1, -0.05) is 6.07 Å². The molecule has 0 radical (unpaired) electrons. The molecule has 28 heavy (non-hydrogen) atoms. The number of ether oxygens (including phenoxy) is 1. The topological polar surface area (TPSA) is 98.3 Å². The Hall–Kier alpha value is -3.46. The highest BCUT2D eigenvalue weighted by molar-refractivity contribution is 5.79. The molecule has 0 bridgehead atoms. The molecule has 2 aromatic heterocycles. The fourth-order valence-electron chi connectivity index (χ4n) is 2.33. The van der Waals surface area contributed by atoms with Gasteiger partial charge in [-0.2, -0.15) is 13.2 Å². The number of carbonyl (C=O) groups excluding carboxylic acids is 1. The van der Waals surface area contributed by atoms with Crippen molar-refractivity contribution in [3.05, 3.63) is 72.1 Å². The first-order valence-electron chi connectivity index (χ1n) is 8.00. The SMILES string of the molecule is NC(=O)[C@H](O)c1cccc(-c2ccc(Oc3ccc(C(F)(F)F)cn3)cc2)n1. The lowest BCUT2D eigenvalue weighted by Crippen LogP contribution is -2.21. The number of hydrogen-bond donors (Lipinski definition) is 2. The average molecular weight is 389 g/mol. The zero-order valence-electron chi connectivity index (χ0n) is 14.2. The summed E-state index contributed by atoms with van der Waals surface area (Å²) in [6.45, 7) is 0. The molecule has 3 N–H and O–H groups in total. The smallest absolute Gasteiger partial charge is 0.417 e. The van der Waals surface area contributed by atoms with Gasteiger partial charge in [0.25, 0.3) is 5.91 Å². The number of benzene rings is 1. The van der Waals surface area contributed by atoms with Crippen molar-refractivity contribution in [2.45, 2.75) is 12.3 Å². The Kier molecular flexibility index (Phi) is 5.27. The van der Waals surface area contributed by atoms with E-state index in [1.165, 1.54) is 6.07 Å². The number of aliphatic hydroxyl groups is 1. The van der Waals surface area contributed by atoms with Gasteiger partial charge in [0.15, 0.2) is 6.10 Å². The van der Waals surface area contributed by atoms with Crippen LogP contribution in [0.25, 0.3) is 11.3 Å². The van der Waals surface area contributed by atoms with Crippen molar-refractivity contribution in [1.82, 2.24) is 9.97 Å². The van der Waals surface area contributed by atoms with Gasteiger partial charge in [0, 0.05) is 17.8 Å². The lowest BCUT2D eigenvalue weighted by atomic mass is 10.1. The van der Waals surface area contributed by atoms with E-state index in [0.717, 1.165) is 12.1 Å². The van der Waals surface area contributed by atoms with E-state index in [2.05, 4.69) is 9.97 Å². The number of aromatic nitrogens is 2. The minimum atomic E-state index is -4.46. The molecule has 6 nitrogen and oxygen atoms in total. The van der Waals surface area contributed by atoms with Crippen LogP contribution in [-0.4, -0.2) is 21.0 Å².